The van der Waals surface area contributed by atoms with E-state index in [0.29, 0.717) is 18.1 Å². The molecular formula is C14H15NO3. The van der Waals surface area contributed by atoms with Crippen molar-refractivity contribution in [1.82, 2.24) is 4.98 Å². The summed E-state index contributed by atoms with van der Waals surface area (Å²) in [5.41, 5.74) is 1.10. The number of hydrogen-bond acceptors (Lipinski definition) is 4. The van der Waals surface area contributed by atoms with Crippen LogP contribution < -0.4 is 9.47 Å². The molecule has 0 fully saturated rings. The molecule has 1 aromatic heterocycles. The van der Waals surface area contributed by atoms with Gasteiger partial charge in [-0.2, -0.15) is 0 Å². The molecule has 94 valence electrons. The van der Waals surface area contributed by atoms with Crippen LogP contribution in [-0.4, -0.2) is 18.9 Å². The van der Waals surface area contributed by atoms with Crippen molar-refractivity contribution in [1.29, 1.82) is 0 Å². The van der Waals surface area contributed by atoms with E-state index >= 15 is 0 Å². The minimum absolute atomic E-state index is 0.174. The van der Waals surface area contributed by atoms with Gasteiger partial charge in [0.25, 0.3) is 0 Å². The molecule has 4 nitrogen and oxygen atoms in total. The van der Waals surface area contributed by atoms with Crippen LogP contribution in [0.2, 0.25) is 0 Å². The normalized spacial score (nSPS) is 10.1. The lowest BCUT2D eigenvalue weighted by atomic mass is 10.2. The Morgan fingerprint density at radius 1 is 1.00 bits per heavy atom. The van der Waals surface area contributed by atoms with Gasteiger partial charge in [-0.3, -0.25) is 4.98 Å². The molecule has 4 heteroatoms. The Hall–Kier alpha value is -2.07. The summed E-state index contributed by atoms with van der Waals surface area (Å²) in [5.74, 6) is 1.24. The van der Waals surface area contributed by atoms with Crippen LogP contribution in [0.3, 0.4) is 0 Å². The summed E-state index contributed by atoms with van der Waals surface area (Å²) in [6, 6.07) is 11.7. The third kappa shape index (κ3) is 3.46. The van der Waals surface area contributed by atoms with E-state index in [9.17, 15) is 0 Å². The summed E-state index contributed by atoms with van der Waals surface area (Å²) in [6.45, 7) is 0.668. The average molecular weight is 245 g/mol. The SMILES string of the molecule is COCOc1cnccc1OCc1ccccc1. The van der Waals surface area contributed by atoms with Gasteiger partial charge in [0.15, 0.2) is 18.3 Å². The van der Waals surface area contributed by atoms with E-state index in [1.807, 2.05) is 30.3 Å². The Morgan fingerprint density at radius 3 is 2.61 bits per heavy atom. The number of hydrogen-bond donors (Lipinski definition) is 0. The highest BCUT2D eigenvalue weighted by atomic mass is 16.7. The van der Waals surface area contributed by atoms with Crippen LogP contribution in [0, 0.1) is 0 Å². The highest BCUT2D eigenvalue weighted by molar-refractivity contribution is 5.36. The van der Waals surface area contributed by atoms with Crippen molar-refractivity contribution in [3.63, 3.8) is 0 Å². The Labute approximate surface area is 106 Å². The van der Waals surface area contributed by atoms with Gasteiger partial charge in [0.05, 0.1) is 6.20 Å². The third-order valence-electron chi connectivity index (χ3n) is 2.32. The van der Waals surface area contributed by atoms with E-state index in [4.69, 9.17) is 14.2 Å². The van der Waals surface area contributed by atoms with Crippen LogP contribution in [0.15, 0.2) is 48.8 Å². The molecule has 0 spiro atoms. The van der Waals surface area contributed by atoms with Gasteiger partial charge in [0.1, 0.15) is 6.61 Å². The molecule has 0 aliphatic heterocycles. The van der Waals surface area contributed by atoms with E-state index in [1.165, 1.54) is 0 Å². The lowest BCUT2D eigenvalue weighted by Crippen LogP contribution is -2.02. The molecule has 0 aliphatic rings. The molecule has 2 rings (SSSR count). The van der Waals surface area contributed by atoms with E-state index in [-0.39, 0.29) is 6.79 Å². The third-order valence-corrected chi connectivity index (χ3v) is 2.32. The van der Waals surface area contributed by atoms with Crippen molar-refractivity contribution in [3.05, 3.63) is 54.4 Å². The maximum Gasteiger partial charge on any atom is 0.189 e. The monoisotopic (exact) mass is 245 g/mol. The first-order valence-electron chi connectivity index (χ1n) is 5.62. The van der Waals surface area contributed by atoms with Crippen molar-refractivity contribution in [2.45, 2.75) is 6.61 Å². The van der Waals surface area contributed by atoms with Crippen molar-refractivity contribution in [3.8, 4) is 11.5 Å². The highest BCUT2D eigenvalue weighted by Crippen LogP contribution is 2.25. The second-order valence-corrected chi connectivity index (χ2v) is 3.65. The van der Waals surface area contributed by atoms with Gasteiger partial charge in [0.2, 0.25) is 0 Å². The smallest absolute Gasteiger partial charge is 0.189 e. The zero-order valence-corrected chi connectivity index (χ0v) is 10.2. The first-order chi connectivity index (χ1) is 8.90. The van der Waals surface area contributed by atoms with Gasteiger partial charge in [-0.05, 0) is 5.56 Å². The summed E-state index contributed by atoms with van der Waals surface area (Å²) in [4.78, 5) is 3.99. The first kappa shape index (κ1) is 12.4. The fourth-order valence-corrected chi connectivity index (χ4v) is 1.45. The second-order valence-electron chi connectivity index (χ2n) is 3.65. The van der Waals surface area contributed by atoms with Crippen LogP contribution in [0.1, 0.15) is 5.56 Å². The fourth-order valence-electron chi connectivity index (χ4n) is 1.45. The Bertz CT molecular complexity index is 473. The number of nitrogens with zero attached hydrogens (tertiary/aromatic N) is 1. The van der Waals surface area contributed by atoms with E-state index in [2.05, 4.69) is 4.98 Å². The molecule has 0 atom stereocenters. The summed E-state index contributed by atoms with van der Waals surface area (Å²) >= 11 is 0. The number of ether oxygens (including phenoxy) is 3. The van der Waals surface area contributed by atoms with Crippen molar-refractivity contribution in [2.75, 3.05) is 13.9 Å². The second kappa shape index (κ2) is 6.61. The largest absolute Gasteiger partial charge is 0.485 e. The Kier molecular flexibility index (Phi) is 4.55. The maximum absolute atomic E-state index is 5.70. The van der Waals surface area contributed by atoms with Crippen LogP contribution in [0.4, 0.5) is 0 Å². The standard InChI is InChI=1S/C14H15NO3/c1-16-11-18-14-9-15-8-7-13(14)17-10-12-5-3-2-4-6-12/h2-9H,10-11H2,1H3. The van der Waals surface area contributed by atoms with E-state index in [1.54, 1.807) is 25.6 Å². The highest BCUT2D eigenvalue weighted by Gasteiger charge is 2.04. The zero-order chi connectivity index (χ0) is 12.6. The lowest BCUT2D eigenvalue weighted by molar-refractivity contribution is 0.0481. The maximum atomic E-state index is 5.70. The first-order valence-corrected chi connectivity index (χ1v) is 5.62. The number of aromatic nitrogens is 1. The minimum Gasteiger partial charge on any atom is -0.485 e. The lowest BCUT2D eigenvalue weighted by Gasteiger charge is -2.11. The van der Waals surface area contributed by atoms with Gasteiger partial charge in [-0.15, -0.1) is 0 Å². The van der Waals surface area contributed by atoms with Gasteiger partial charge in [-0.25, -0.2) is 0 Å². The Morgan fingerprint density at radius 2 is 1.83 bits per heavy atom. The molecule has 0 bridgehead atoms. The van der Waals surface area contributed by atoms with Crippen molar-refractivity contribution in [2.24, 2.45) is 0 Å². The van der Waals surface area contributed by atoms with Crippen LogP contribution in [-0.2, 0) is 11.3 Å². The van der Waals surface area contributed by atoms with Crippen molar-refractivity contribution >= 4 is 0 Å². The predicted molar refractivity (Wildman–Crippen MR) is 67.5 cm³/mol. The topological polar surface area (TPSA) is 40.6 Å². The molecule has 18 heavy (non-hydrogen) atoms. The molecule has 0 unspecified atom stereocenters. The minimum atomic E-state index is 0.174. The quantitative estimate of drug-likeness (QED) is 0.733. The molecule has 0 amide bonds. The van der Waals surface area contributed by atoms with Gasteiger partial charge in [-0.1, -0.05) is 30.3 Å². The fraction of sp³-hybridized carbons (Fsp3) is 0.214. The van der Waals surface area contributed by atoms with Crippen LogP contribution in [0.25, 0.3) is 0 Å². The molecule has 1 heterocycles. The molecule has 2 aromatic rings. The number of pyridine rings is 1. The molecular weight excluding hydrogens is 230 g/mol. The van der Waals surface area contributed by atoms with E-state index in [0.717, 1.165) is 5.56 Å². The Balaban J connectivity index is 2.00. The van der Waals surface area contributed by atoms with Crippen LogP contribution in [0.5, 0.6) is 11.5 Å². The number of benzene rings is 1. The molecule has 0 saturated heterocycles. The molecule has 0 saturated carbocycles. The van der Waals surface area contributed by atoms with Crippen LogP contribution >= 0.6 is 0 Å². The number of methoxy groups -OCH3 is 1. The van der Waals surface area contributed by atoms with Crippen molar-refractivity contribution < 1.29 is 14.2 Å². The van der Waals surface area contributed by atoms with Gasteiger partial charge < -0.3 is 14.2 Å². The molecule has 0 radical (unpaired) electrons. The van der Waals surface area contributed by atoms with Gasteiger partial charge >= 0.3 is 0 Å². The molecule has 0 aliphatic carbocycles. The predicted octanol–water partition coefficient (Wildman–Crippen LogP) is 2.64. The molecule has 0 N–H and O–H groups in total. The van der Waals surface area contributed by atoms with E-state index < -0.39 is 0 Å². The van der Waals surface area contributed by atoms with Gasteiger partial charge in [0, 0.05) is 19.4 Å². The average Bonchev–Trinajstić information content (AvgIpc) is 2.45. The molecule has 1 aromatic carbocycles. The summed E-state index contributed by atoms with van der Waals surface area (Å²) in [7, 11) is 1.57. The zero-order valence-electron chi connectivity index (χ0n) is 10.2. The summed E-state index contributed by atoms with van der Waals surface area (Å²) in [6.07, 6.45) is 3.28. The number of rotatable bonds is 6. The summed E-state index contributed by atoms with van der Waals surface area (Å²) < 4.78 is 15.9. The summed E-state index contributed by atoms with van der Waals surface area (Å²) in [5, 5.41) is 0.